The smallest absolute Gasteiger partial charge is 0.340 e. The van der Waals surface area contributed by atoms with Crippen LogP contribution in [0.25, 0.3) is 0 Å². The summed E-state index contributed by atoms with van der Waals surface area (Å²) in [5, 5.41) is 5.11. The van der Waals surface area contributed by atoms with Crippen LogP contribution in [0.5, 0.6) is 0 Å². The van der Waals surface area contributed by atoms with Gasteiger partial charge in [-0.2, -0.15) is 0 Å². The fourth-order valence-corrected chi connectivity index (χ4v) is 2.74. The van der Waals surface area contributed by atoms with E-state index in [0.29, 0.717) is 5.02 Å². The lowest BCUT2D eigenvalue weighted by atomic mass is 10.2. The summed E-state index contributed by atoms with van der Waals surface area (Å²) in [5.41, 5.74) is 6.09. The number of nitrogens with two attached hydrogens (primary N) is 1. The number of benzene rings is 1. The highest BCUT2D eigenvalue weighted by Gasteiger charge is 2.15. The number of hydrogen-bond donors (Lipinski definition) is 2. The number of carbonyl (C=O) groups is 2. The van der Waals surface area contributed by atoms with E-state index < -0.39 is 5.97 Å². The van der Waals surface area contributed by atoms with Crippen molar-refractivity contribution in [2.24, 2.45) is 0 Å². The molecule has 0 unspecified atom stereocenters. The first-order valence-corrected chi connectivity index (χ1v) is 7.78. The van der Waals surface area contributed by atoms with Gasteiger partial charge in [0.05, 0.1) is 11.6 Å². The molecule has 1 atom stereocenters. The van der Waals surface area contributed by atoms with Gasteiger partial charge in [0.2, 0.25) is 0 Å². The van der Waals surface area contributed by atoms with Gasteiger partial charge in [-0.1, -0.05) is 17.7 Å². The van der Waals surface area contributed by atoms with Gasteiger partial charge in [0.15, 0.2) is 6.61 Å². The van der Waals surface area contributed by atoms with E-state index in [1.165, 1.54) is 18.2 Å². The molecule has 0 radical (unpaired) electrons. The molecule has 1 amide bonds. The lowest BCUT2D eigenvalue weighted by Crippen LogP contribution is -2.30. The zero-order valence-electron chi connectivity index (χ0n) is 11.8. The Morgan fingerprint density at radius 1 is 1.41 bits per heavy atom. The van der Waals surface area contributed by atoms with Gasteiger partial charge in [0.1, 0.15) is 0 Å². The maximum Gasteiger partial charge on any atom is 0.340 e. The summed E-state index contributed by atoms with van der Waals surface area (Å²) in [6, 6.07) is 8.16. The molecule has 7 heteroatoms. The molecule has 0 bridgehead atoms. The van der Waals surface area contributed by atoms with Crippen molar-refractivity contribution in [2.75, 3.05) is 12.3 Å². The summed E-state index contributed by atoms with van der Waals surface area (Å²) in [5.74, 6) is -1.03. The number of amides is 1. The van der Waals surface area contributed by atoms with Crippen molar-refractivity contribution in [3.05, 3.63) is 51.2 Å². The number of esters is 1. The minimum atomic E-state index is -0.659. The van der Waals surface area contributed by atoms with Crippen LogP contribution in [0.4, 0.5) is 5.69 Å². The number of ether oxygens (including phenoxy) is 1. The van der Waals surface area contributed by atoms with Crippen LogP contribution < -0.4 is 11.1 Å². The summed E-state index contributed by atoms with van der Waals surface area (Å²) in [6.45, 7) is 1.50. The molecule has 1 aromatic heterocycles. The van der Waals surface area contributed by atoms with Gasteiger partial charge in [0, 0.05) is 15.6 Å². The summed E-state index contributed by atoms with van der Waals surface area (Å²) in [6.07, 6.45) is 0. The third-order valence-corrected chi connectivity index (χ3v) is 4.21. The molecule has 1 aromatic carbocycles. The lowest BCUT2D eigenvalue weighted by molar-refractivity contribution is -0.124. The van der Waals surface area contributed by atoms with Gasteiger partial charge in [-0.05, 0) is 36.6 Å². The monoisotopic (exact) mass is 338 g/mol. The summed E-state index contributed by atoms with van der Waals surface area (Å²) >= 11 is 7.31. The number of hydrogen-bond acceptors (Lipinski definition) is 5. The average Bonchev–Trinajstić information content (AvgIpc) is 2.99. The predicted molar refractivity (Wildman–Crippen MR) is 87.0 cm³/mol. The second-order valence-corrected chi connectivity index (χ2v) is 6.03. The third kappa shape index (κ3) is 4.22. The molecular weight excluding hydrogens is 324 g/mol. The molecular formula is C15H15ClN2O3S. The predicted octanol–water partition coefficient (Wildman–Crippen LogP) is 3.02. The molecule has 0 fully saturated rings. The Hall–Kier alpha value is -2.05. The van der Waals surface area contributed by atoms with Gasteiger partial charge < -0.3 is 15.8 Å². The topological polar surface area (TPSA) is 81.4 Å². The van der Waals surface area contributed by atoms with Crippen molar-refractivity contribution in [2.45, 2.75) is 13.0 Å². The second kappa shape index (κ2) is 7.29. The van der Waals surface area contributed by atoms with Gasteiger partial charge in [-0.3, -0.25) is 4.79 Å². The van der Waals surface area contributed by atoms with E-state index in [1.54, 1.807) is 11.3 Å². The fourth-order valence-electron chi connectivity index (χ4n) is 1.82. The maximum atomic E-state index is 11.9. The van der Waals surface area contributed by atoms with Gasteiger partial charge >= 0.3 is 5.97 Å². The van der Waals surface area contributed by atoms with Crippen LogP contribution in [0.15, 0.2) is 35.7 Å². The molecule has 2 aromatic rings. The van der Waals surface area contributed by atoms with E-state index in [9.17, 15) is 9.59 Å². The first kappa shape index (κ1) is 16.3. The Bertz CT molecular complexity index is 673. The number of anilines is 1. The second-order valence-electron chi connectivity index (χ2n) is 4.61. The first-order valence-electron chi connectivity index (χ1n) is 6.52. The molecule has 0 saturated heterocycles. The number of nitrogens with one attached hydrogen (secondary N) is 1. The Balaban J connectivity index is 1.86. The lowest BCUT2D eigenvalue weighted by Gasteiger charge is -2.12. The highest BCUT2D eigenvalue weighted by Crippen LogP contribution is 2.19. The molecule has 5 nitrogen and oxygen atoms in total. The number of thiophene rings is 1. The summed E-state index contributed by atoms with van der Waals surface area (Å²) < 4.78 is 4.96. The average molecular weight is 339 g/mol. The van der Waals surface area contributed by atoms with Crippen molar-refractivity contribution >= 4 is 40.5 Å². The van der Waals surface area contributed by atoms with Crippen LogP contribution in [0, 0.1) is 0 Å². The number of nitrogen functional groups attached to an aromatic ring is 1. The van der Waals surface area contributed by atoms with Crippen molar-refractivity contribution in [1.82, 2.24) is 5.32 Å². The summed E-state index contributed by atoms with van der Waals surface area (Å²) in [7, 11) is 0. The Labute approximate surface area is 137 Å². The highest BCUT2D eigenvalue weighted by molar-refractivity contribution is 7.10. The first-order chi connectivity index (χ1) is 10.5. The Morgan fingerprint density at radius 3 is 2.82 bits per heavy atom. The van der Waals surface area contributed by atoms with Gasteiger partial charge in [-0.25, -0.2) is 4.79 Å². The van der Waals surface area contributed by atoms with E-state index in [4.69, 9.17) is 22.1 Å². The molecule has 22 heavy (non-hydrogen) atoms. The zero-order chi connectivity index (χ0) is 16.1. The molecule has 1 heterocycles. The third-order valence-electron chi connectivity index (χ3n) is 2.92. The normalized spacial score (nSPS) is 11.7. The molecule has 0 aliphatic rings. The van der Waals surface area contributed by atoms with Crippen LogP contribution in [-0.4, -0.2) is 18.5 Å². The van der Waals surface area contributed by atoms with E-state index in [0.717, 1.165) is 4.88 Å². The van der Waals surface area contributed by atoms with E-state index in [-0.39, 0.29) is 29.8 Å². The SMILES string of the molecule is C[C@@H](NC(=O)COC(=O)c1ccc(Cl)cc1N)c1cccs1. The standard InChI is InChI=1S/C15H15ClN2O3S/c1-9(13-3-2-6-22-13)18-14(19)8-21-15(20)11-5-4-10(16)7-12(11)17/h2-7,9H,8,17H2,1H3,(H,18,19)/t9-/m1/s1. The Morgan fingerprint density at radius 2 is 2.18 bits per heavy atom. The number of halogens is 1. The molecule has 0 saturated carbocycles. The van der Waals surface area contributed by atoms with Crippen LogP contribution in [0.2, 0.25) is 5.02 Å². The molecule has 0 spiro atoms. The minimum absolute atomic E-state index is 0.133. The van der Waals surface area contributed by atoms with E-state index in [1.807, 2.05) is 24.4 Å². The number of carbonyl (C=O) groups excluding carboxylic acids is 2. The maximum absolute atomic E-state index is 11.9. The van der Waals surface area contributed by atoms with Crippen LogP contribution >= 0.6 is 22.9 Å². The molecule has 0 aliphatic heterocycles. The molecule has 2 rings (SSSR count). The van der Waals surface area contributed by atoms with Crippen molar-refractivity contribution < 1.29 is 14.3 Å². The number of rotatable bonds is 5. The molecule has 3 N–H and O–H groups in total. The largest absolute Gasteiger partial charge is 0.452 e. The molecule has 0 aliphatic carbocycles. The van der Waals surface area contributed by atoms with Crippen LogP contribution in [-0.2, 0) is 9.53 Å². The van der Waals surface area contributed by atoms with Crippen molar-refractivity contribution in [3.8, 4) is 0 Å². The highest BCUT2D eigenvalue weighted by atomic mass is 35.5. The zero-order valence-corrected chi connectivity index (χ0v) is 13.4. The fraction of sp³-hybridized carbons (Fsp3) is 0.200. The van der Waals surface area contributed by atoms with Gasteiger partial charge in [0.25, 0.3) is 5.91 Å². The quantitative estimate of drug-likeness (QED) is 0.648. The summed E-state index contributed by atoms with van der Waals surface area (Å²) in [4.78, 5) is 24.7. The van der Waals surface area contributed by atoms with Crippen LogP contribution in [0.1, 0.15) is 28.2 Å². The van der Waals surface area contributed by atoms with Crippen molar-refractivity contribution in [3.63, 3.8) is 0 Å². The van der Waals surface area contributed by atoms with E-state index in [2.05, 4.69) is 5.32 Å². The molecule has 116 valence electrons. The Kier molecular flexibility index (Phi) is 5.41. The van der Waals surface area contributed by atoms with E-state index >= 15 is 0 Å². The van der Waals surface area contributed by atoms with Crippen molar-refractivity contribution in [1.29, 1.82) is 0 Å². The van der Waals surface area contributed by atoms with Crippen LogP contribution in [0.3, 0.4) is 0 Å². The minimum Gasteiger partial charge on any atom is -0.452 e. The van der Waals surface area contributed by atoms with Gasteiger partial charge in [-0.15, -0.1) is 11.3 Å².